The van der Waals surface area contributed by atoms with E-state index >= 15 is 0 Å². The van der Waals surface area contributed by atoms with Crippen LogP contribution in [0.2, 0.25) is 0 Å². The molecule has 0 bridgehead atoms. The molecule has 0 radical (unpaired) electrons. The van der Waals surface area contributed by atoms with Crippen LogP contribution in [0.4, 0.5) is 5.69 Å². The molecule has 1 aromatic carbocycles. The van der Waals surface area contributed by atoms with Crippen molar-refractivity contribution in [3.05, 3.63) is 53.6 Å². The second-order valence-electron chi connectivity index (χ2n) is 6.30. The average Bonchev–Trinajstić information content (AvgIpc) is 3.15. The van der Waals surface area contributed by atoms with Gasteiger partial charge in [-0.2, -0.15) is 4.98 Å². The van der Waals surface area contributed by atoms with Gasteiger partial charge in [-0.15, -0.1) is 0 Å². The fourth-order valence-corrected chi connectivity index (χ4v) is 2.76. The highest BCUT2D eigenvalue weighted by molar-refractivity contribution is 5.61. The molecule has 2 aromatic rings. The lowest BCUT2D eigenvalue weighted by Gasteiger charge is -2.16. The van der Waals surface area contributed by atoms with Crippen molar-refractivity contribution in [3.63, 3.8) is 0 Å². The van der Waals surface area contributed by atoms with Crippen LogP contribution in [0.3, 0.4) is 0 Å². The number of ether oxygens (including phenoxy) is 2. The highest BCUT2D eigenvalue weighted by Gasteiger charge is 2.17. The van der Waals surface area contributed by atoms with Crippen molar-refractivity contribution in [3.8, 4) is 11.8 Å². The zero-order valence-corrected chi connectivity index (χ0v) is 15.6. The number of hydrogen-bond acceptors (Lipinski definition) is 5. The SMILES string of the molecule is CCCOc1ccc(C=C2CNN(c3ccccc3)C2)c(OCCC)n1. The Morgan fingerprint density at radius 1 is 1.04 bits per heavy atom. The highest BCUT2D eigenvalue weighted by Crippen LogP contribution is 2.25. The van der Waals surface area contributed by atoms with Crippen LogP contribution < -0.4 is 19.9 Å². The summed E-state index contributed by atoms with van der Waals surface area (Å²) in [6, 6.07) is 14.3. The molecule has 1 saturated heterocycles. The van der Waals surface area contributed by atoms with Gasteiger partial charge < -0.3 is 14.5 Å². The maximum absolute atomic E-state index is 5.86. The molecule has 0 unspecified atom stereocenters. The van der Waals surface area contributed by atoms with Crippen LogP contribution in [0.1, 0.15) is 32.3 Å². The standard InChI is InChI=1S/C21H27N3O2/c1-3-12-25-20-11-10-18(21(23-20)26-13-4-2)14-17-15-22-24(16-17)19-8-6-5-7-9-19/h5-11,14,22H,3-4,12-13,15-16H2,1-2H3. The Hall–Kier alpha value is -2.53. The normalized spacial score (nSPS) is 15.5. The molecule has 0 atom stereocenters. The van der Waals surface area contributed by atoms with Crippen LogP contribution in [0.5, 0.6) is 11.8 Å². The van der Waals surface area contributed by atoms with Gasteiger partial charge in [0.2, 0.25) is 11.8 Å². The summed E-state index contributed by atoms with van der Waals surface area (Å²) in [5.74, 6) is 1.27. The number of hydrogen-bond donors (Lipinski definition) is 1. The molecular weight excluding hydrogens is 326 g/mol. The number of hydrazine groups is 1. The molecule has 0 amide bonds. The summed E-state index contributed by atoms with van der Waals surface area (Å²) in [7, 11) is 0. The van der Waals surface area contributed by atoms with Crippen LogP contribution in [0.15, 0.2) is 48.0 Å². The fraction of sp³-hybridized carbons (Fsp3) is 0.381. The van der Waals surface area contributed by atoms with Gasteiger partial charge in [-0.1, -0.05) is 32.0 Å². The molecule has 0 saturated carbocycles. The van der Waals surface area contributed by atoms with Gasteiger partial charge in [0, 0.05) is 18.2 Å². The Balaban J connectivity index is 1.76. The lowest BCUT2D eigenvalue weighted by molar-refractivity contribution is 0.279. The van der Waals surface area contributed by atoms with Gasteiger partial charge in [-0.25, -0.2) is 5.43 Å². The highest BCUT2D eigenvalue weighted by atomic mass is 16.5. The molecule has 1 aromatic heterocycles. The molecule has 138 valence electrons. The van der Waals surface area contributed by atoms with Crippen molar-refractivity contribution in [1.29, 1.82) is 0 Å². The van der Waals surface area contributed by atoms with E-state index in [0.717, 1.165) is 31.5 Å². The molecule has 2 heterocycles. The summed E-state index contributed by atoms with van der Waals surface area (Å²) in [6.07, 6.45) is 4.07. The Labute approximate surface area is 155 Å². The van der Waals surface area contributed by atoms with Crippen LogP contribution in [0, 0.1) is 0 Å². The average molecular weight is 353 g/mol. The first-order valence-electron chi connectivity index (χ1n) is 9.32. The summed E-state index contributed by atoms with van der Waals surface area (Å²) in [4.78, 5) is 4.54. The van der Waals surface area contributed by atoms with Crippen LogP contribution >= 0.6 is 0 Å². The van der Waals surface area contributed by atoms with Gasteiger partial charge in [0.15, 0.2) is 0 Å². The first-order chi connectivity index (χ1) is 12.8. The smallest absolute Gasteiger partial charge is 0.224 e. The number of pyridine rings is 1. The molecular formula is C21H27N3O2. The number of anilines is 1. The van der Waals surface area contributed by atoms with Crippen molar-refractivity contribution in [2.75, 3.05) is 31.3 Å². The van der Waals surface area contributed by atoms with E-state index in [-0.39, 0.29) is 0 Å². The van der Waals surface area contributed by atoms with Crippen molar-refractivity contribution in [2.24, 2.45) is 0 Å². The first-order valence-corrected chi connectivity index (χ1v) is 9.32. The topological polar surface area (TPSA) is 46.6 Å². The molecule has 1 aliphatic heterocycles. The maximum atomic E-state index is 5.86. The lowest BCUT2D eigenvalue weighted by atomic mass is 10.1. The maximum Gasteiger partial charge on any atom is 0.224 e. The minimum absolute atomic E-state index is 0.621. The van der Waals surface area contributed by atoms with Gasteiger partial charge >= 0.3 is 0 Å². The molecule has 0 aliphatic carbocycles. The Bertz CT molecular complexity index is 731. The van der Waals surface area contributed by atoms with Gasteiger partial charge in [0.25, 0.3) is 0 Å². The number of nitrogens with zero attached hydrogens (tertiary/aromatic N) is 2. The van der Waals surface area contributed by atoms with E-state index in [1.165, 1.54) is 11.3 Å². The van der Waals surface area contributed by atoms with Crippen molar-refractivity contribution in [2.45, 2.75) is 26.7 Å². The van der Waals surface area contributed by atoms with Gasteiger partial charge in [0.1, 0.15) is 0 Å². The second kappa shape index (κ2) is 9.25. The van der Waals surface area contributed by atoms with Crippen molar-refractivity contribution < 1.29 is 9.47 Å². The van der Waals surface area contributed by atoms with Crippen LogP contribution in [-0.4, -0.2) is 31.3 Å². The van der Waals surface area contributed by atoms with E-state index in [4.69, 9.17) is 9.47 Å². The monoisotopic (exact) mass is 353 g/mol. The molecule has 1 aliphatic rings. The number of aromatic nitrogens is 1. The van der Waals surface area contributed by atoms with Crippen molar-refractivity contribution >= 4 is 11.8 Å². The summed E-state index contributed by atoms with van der Waals surface area (Å²) in [6.45, 7) is 7.14. The van der Waals surface area contributed by atoms with E-state index in [0.29, 0.717) is 25.0 Å². The van der Waals surface area contributed by atoms with E-state index in [9.17, 15) is 0 Å². The molecule has 1 fully saturated rings. The van der Waals surface area contributed by atoms with Crippen LogP contribution in [-0.2, 0) is 0 Å². The summed E-state index contributed by atoms with van der Waals surface area (Å²) in [5.41, 5.74) is 6.88. The predicted octanol–water partition coefficient (Wildman–Crippen LogP) is 4.07. The van der Waals surface area contributed by atoms with Gasteiger partial charge in [-0.3, -0.25) is 0 Å². The zero-order chi connectivity index (χ0) is 18.2. The summed E-state index contributed by atoms with van der Waals surface area (Å²) < 4.78 is 11.5. The van der Waals surface area contributed by atoms with Gasteiger partial charge in [0.05, 0.1) is 25.4 Å². The van der Waals surface area contributed by atoms with Crippen LogP contribution in [0.25, 0.3) is 6.08 Å². The Kier molecular flexibility index (Phi) is 6.50. The first kappa shape index (κ1) is 18.3. The molecule has 5 heteroatoms. The predicted molar refractivity (Wildman–Crippen MR) is 106 cm³/mol. The lowest BCUT2D eigenvalue weighted by Crippen LogP contribution is -2.30. The molecule has 0 spiro atoms. The number of nitrogens with one attached hydrogen (secondary N) is 1. The minimum atomic E-state index is 0.621. The van der Waals surface area contributed by atoms with E-state index in [2.05, 4.69) is 47.5 Å². The third-order valence-electron chi connectivity index (χ3n) is 4.05. The molecule has 1 N–H and O–H groups in total. The largest absolute Gasteiger partial charge is 0.478 e. The number of rotatable bonds is 8. The third-order valence-corrected chi connectivity index (χ3v) is 4.05. The van der Waals surface area contributed by atoms with E-state index in [1.54, 1.807) is 0 Å². The minimum Gasteiger partial charge on any atom is -0.478 e. The third kappa shape index (κ3) is 4.76. The molecule has 26 heavy (non-hydrogen) atoms. The quantitative estimate of drug-likeness (QED) is 0.775. The summed E-state index contributed by atoms with van der Waals surface area (Å²) in [5, 5.41) is 2.16. The Morgan fingerprint density at radius 3 is 2.58 bits per heavy atom. The van der Waals surface area contributed by atoms with Gasteiger partial charge in [-0.05, 0) is 42.7 Å². The summed E-state index contributed by atoms with van der Waals surface area (Å²) >= 11 is 0. The molecule has 3 rings (SSSR count). The van der Waals surface area contributed by atoms with Crippen molar-refractivity contribution in [1.82, 2.24) is 10.4 Å². The van der Waals surface area contributed by atoms with E-state index < -0.39 is 0 Å². The molecule has 5 nitrogen and oxygen atoms in total. The second-order valence-corrected chi connectivity index (χ2v) is 6.30. The zero-order valence-electron chi connectivity index (χ0n) is 15.6. The number of para-hydroxylation sites is 1. The fourth-order valence-electron chi connectivity index (χ4n) is 2.76. The van der Waals surface area contributed by atoms with E-state index in [1.807, 2.05) is 30.3 Å². The Morgan fingerprint density at radius 2 is 1.81 bits per heavy atom. The number of benzene rings is 1.